The average Bonchev–Trinajstić information content (AvgIpc) is 2.93. The molecule has 0 saturated heterocycles. The van der Waals surface area contributed by atoms with Crippen molar-refractivity contribution in [2.45, 2.75) is 32.7 Å². The summed E-state index contributed by atoms with van der Waals surface area (Å²) in [4.78, 5) is 16.1. The normalized spacial score (nSPS) is 11.1. The smallest absolute Gasteiger partial charge is 0.224 e. The van der Waals surface area contributed by atoms with E-state index in [9.17, 15) is 4.79 Å². The number of hydrogen-bond acceptors (Lipinski definition) is 2. The van der Waals surface area contributed by atoms with E-state index in [-0.39, 0.29) is 5.91 Å². The monoisotopic (exact) mass is 307 g/mol. The fraction of sp³-hybridized carbons (Fsp3) is 0.263. The number of carbonyl (C=O) groups excluding carboxylic acids is 1. The first-order chi connectivity index (χ1) is 11.1. The number of para-hydroxylation sites is 1. The molecule has 118 valence electrons. The van der Waals surface area contributed by atoms with Crippen LogP contribution < -0.4 is 5.32 Å². The lowest BCUT2D eigenvalue weighted by molar-refractivity contribution is -0.116. The molecule has 0 atom stereocenters. The van der Waals surface area contributed by atoms with Crippen LogP contribution in [0.4, 0.5) is 5.69 Å². The first-order valence-corrected chi connectivity index (χ1v) is 7.93. The van der Waals surface area contributed by atoms with Crippen LogP contribution in [-0.4, -0.2) is 15.5 Å². The topological polar surface area (TPSA) is 46.9 Å². The molecule has 2 aromatic heterocycles. The highest BCUT2D eigenvalue weighted by atomic mass is 16.1. The molecule has 1 N–H and O–H groups in total. The Bertz CT molecular complexity index is 806. The number of benzene rings is 1. The highest BCUT2D eigenvalue weighted by molar-refractivity contribution is 5.91. The summed E-state index contributed by atoms with van der Waals surface area (Å²) in [6.45, 7) is 4.34. The van der Waals surface area contributed by atoms with Gasteiger partial charge >= 0.3 is 0 Å². The molecule has 3 aromatic rings. The Balaban J connectivity index is 1.73. The summed E-state index contributed by atoms with van der Waals surface area (Å²) in [5.74, 6) is 0.0133. The zero-order valence-corrected chi connectivity index (χ0v) is 13.5. The van der Waals surface area contributed by atoms with Crippen molar-refractivity contribution in [2.75, 3.05) is 5.32 Å². The summed E-state index contributed by atoms with van der Waals surface area (Å²) >= 11 is 0. The molecule has 0 aliphatic rings. The Morgan fingerprint density at radius 1 is 1.22 bits per heavy atom. The number of amides is 1. The molecule has 0 saturated carbocycles. The number of aromatic nitrogens is 2. The van der Waals surface area contributed by atoms with Crippen molar-refractivity contribution < 1.29 is 4.79 Å². The number of carbonyl (C=O) groups is 1. The van der Waals surface area contributed by atoms with Gasteiger partial charge in [-0.15, -0.1) is 0 Å². The molecular weight excluding hydrogens is 286 g/mol. The van der Waals surface area contributed by atoms with Crippen LogP contribution in [0.3, 0.4) is 0 Å². The maximum absolute atomic E-state index is 12.1. The summed E-state index contributed by atoms with van der Waals surface area (Å²) in [6.07, 6.45) is 6.71. The van der Waals surface area contributed by atoms with Crippen molar-refractivity contribution in [3.05, 3.63) is 60.6 Å². The van der Waals surface area contributed by atoms with Crippen LogP contribution in [0, 0.1) is 0 Å². The SMILES string of the molecule is CC(C)n1cc(CCC(=O)Nc2cccnc2)c2ccccc21. The predicted octanol–water partition coefficient (Wildman–Crippen LogP) is 4.19. The predicted molar refractivity (Wildman–Crippen MR) is 93.5 cm³/mol. The molecule has 0 bridgehead atoms. The number of fused-ring (bicyclic) bond motifs is 1. The van der Waals surface area contributed by atoms with Gasteiger partial charge in [0.1, 0.15) is 0 Å². The average molecular weight is 307 g/mol. The van der Waals surface area contributed by atoms with Crippen LogP contribution in [0.25, 0.3) is 10.9 Å². The summed E-state index contributed by atoms with van der Waals surface area (Å²) in [7, 11) is 0. The summed E-state index contributed by atoms with van der Waals surface area (Å²) in [6, 6.07) is 12.4. The molecule has 0 unspecified atom stereocenters. The van der Waals surface area contributed by atoms with Gasteiger partial charge in [0.15, 0.2) is 0 Å². The largest absolute Gasteiger partial charge is 0.345 e. The molecule has 4 nitrogen and oxygen atoms in total. The number of pyridine rings is 1. The molecule has 0 aliphatic carbocycles. The van der Waals surface area contributed by atoms with E-state index in [1.54, 1.807) is 12.4 Å². The van der Waals surface area contributed by atoms with Crippen LogP contribution in [0.1, 0.15) is 31.9 Å². The van der Waals surface area contributed by atoms with E-state index >= 15 is 0 Å². The zero-order chi connectivity index (χ0) is 16.2. The standard InChI is InChI=1S/C19H21N3O/c1-14(2)22-13-15(17-7-3-4-8-18(17)22)9-10-19(23)21-16-6-5-11-20-12-16/h3-8,11-14H,9-10H2,1-2H3,(H,21,23). The summed E-state index contributed by atoms with van der Waals surface area (Å²) in [5.41, 5.74) is 3.18. The lowest BCUT2D eigenvalue weighted by Crippen LogP contribution is -2.12. The number of hydrogen-bond donors (Lipinski definition) is 1. The Hall–Kier alpha value is -2.62. The summed E-state index contributed by atoms with van der Waals surface area (Å²) in [5, 5.41) is 4.11. The van der Waals surface area contributed by atoms with Crippen LogP contribution in [0.15, 0.2) is 55.0 Å². The van der Waals surface area contributed by atoms with Gasteiger partial charge in [-0.25, -0.2) is 0 Å². The molecule has 1 amide bonds. The number of anilines is 1. The van der Waals surface area contributed by atoms with E-state index in [0.29, 0.717) is 12.5 Å². The first kappa shape index (κ1) is 15.3. The quantitative estimate of drug-likeness (QED) is 0.768. The number of aryl methyl sites for hydroxylation is 1. The van der Waals surface area contributed by atoms with Gasteiger partial charge < -0.3 is 9.88 Å². The third-order valence-corrected chi connectivity index (χ3v) is 3.95. The first-order valence-electron chi connectivity index (χ1n) is 7.93. The lowest BCUT2D eigenvalue weighted by Gasteiger charge is -2.08. The third kappa shape index (κ3) is 3.42. The highest BCUT2D eigenvalue weighted by Gasteiger charge is 2.11. The molecule has 0 spiro atoms. The van der Waals surface area contributed by atoms with Crippen LogP contribution in [0.2, 0.25) is 0 Å². The molecule has 3 rings (SSSR count). The van der Waals surface area contributed by atoms with Crippen molar-refractivity contribution in [3.63, 3.8) is 0 Å². The molecule has 1 aromatic carbocycles. The van der Waals surface area contributed by atoms with E-state index in [0.717, 1.165) is 12.1 Å². The maximum Gasteiger partial charge on any atom is 0.224 e. The van der Waals surface area contributed by atoms with Gasteiger partial charge in [-0.3, -0.25) is 9.78 Å². The maximum atomic E-state index is 12.1. The number of nitrogens with one attached hydrogen (secondary N) is 1. The van der Waals surface area contributed by atoms with Crippen molar-refractivity contribution in [2.24, 2.45) is 0 Å². The van der Waals surface area contributed by atoms with E-state index in [1.807, 2.05) is 18.2 Å². The second-order valence-electron chi connectivity index (χ2n) is 5.96. The van der Waals surface area contributed by atoms with Crippen molar-refractivity contribution in [3.8, 4) is 0 Å². The minimum absolute atomic E-state index is 0.0133. The van der Waals surface area contributed by atoms with Gasteiger partial charge in [-0.05, 0) is 44.0 Å². The van der Waals surface area contributed by atoms with E-state index in [2.05, 4.69) is 53.1 Å². The number of rotatable bonds is 5. The van der Waals surface area contributed by atoms with E-state index in [1.165, 1.54) is 16.5 Å². The second kappa shape index (κ2) is 6.65. The molecule has 0 fully saturated rings. The molecule has 4 heteroatoms. The molecule has 23 heavy (non-hydrogen) atoms. The van der Waals surface area contributed by atoms with Gasteiger partial charge in [0.05, 0.1) is 11.9 Å². The van der Waals surface area contributed by atoms with Gasteiger partial charge in [-0.1, -0.05) is 18.2 Å². The Kier molecular flexibility index (Phi) is 4.42. The minimum atomic E-state index is 0.0133. The molecular formula is C19H21N3O. The summed E-state index contributed by atoms with van der Waals surface area (Å²) < 4.78 is 2.27. The van der Waals surface area contributed by atoms with Crippen molar-refractivity contribution in [1.82, 2.24) is 9.55 Å². The molecule has 0 radical (unpaired) electrons. The number of nitrogens with zero attached hydrogens (tertiary/aromatic N) is 2. The van der Waals surface area contributed by atoms with Gasteiger partial charge in [-0.2, -0.15) is 0 Å². The van der Waals surface area contributed by atoms with E-state index in [4.69, 9.17) is 0 Å². The zero-order valence-electron chi connectivity index (χ0n) is 13.5. The van der Waals surface area contributed by atoms with Crippen LogP contribution >= 0.6 is 0 Å². The molecule has 0 aliphatic heterocycles. The van der Waals surface area contributed by atoms with Crippen LogP contribution in [-0.2, 0) is 11.2 Å². The van der Waals surface area contributed by atoms with Crippen molar-refractivity contribution in [1.29, 1.82) is 0 Å². The minimum Gasteiger partial charge on any atom is -0.345 e. The van der Waals surface area contributed by atoms with Gasteiger partial charge in [0, 0.05) is 35.8 Å². The Morgan fingerprint density at radius 2 is 2.04 bits per heavy atom. The van der Waals surface area contributed by atoms with E-state index < -0.39 is 0 Å². The fourth-order valence-electron chi connectivity index (χ4n) is 2.81. The fourth-order valence-corrected chi connectivity index (χ4v) is 2.81. The van der Waals surface area contributed by atoms with Gasteiger partial charge in [0.25, 0.3) is 0 Å². The Morgan fingerprint density at radius 3 is 2.78 bits per heavy atom. The second-order valence-corrected chi connectivity index (χ2v) is 5.96. The lowest BCUT2D eigenvalue weighted by atomic mass is 10.1. The van der Waals surface area contributed by atoms with Crippen LogP contribution in [0.5, 0.6) is 0 Å². The van der Waals surface area contributed by atoms with Crippen molar-refractivity contribution >= 4 is 22.5 Å². The van der Waals surface area contributed by atoms with Gasteiger partial charge in [0.2, 0.25) is 5.91 Å². The Labute approximate surface area is 136 Å². The molecule has 2 heterocycles. The highest BCUT2D eigenvalue weighted by Crippen LogP contribution is 2.25. The third-order valence-electron chi connectivity index (χ3n) is 3.95.